The molecule has 2 heterocycles. The fourth-order valence-electron chi connectivity index (χ4n) is 4.45. The highest BCUT2D eigenvalue weighted by atomic mass is 35.5. The summed E-state index contributed by atoms with van der Waals surface area (Å²) in [6, 6.07) is 27.1. The minimum atomic E-state index is 0.188. The summed E-state index contributed by atoms with van der Waals surface area (Å²) in [4.78, 5) is 2.54. The van der Waals surface area contributed by atoms with Gasteiger partial charge >= 0.3 is 0 Å². The first-order valence-electron chi connectivity index (χ1n) is 10.8. The monoisotopic (exact) mass is 431 g/mol. The van der Waals surface area contributed by atoms with Crippen molar-refractivity contribution in [3.05, 3.63) is 101 Å². The van der Waals surface area contributed by atoms with Crippen LogP contribution >= 0.6 is 11.6 Å². The van der Waals surface area contributed by atoms with Gasteiger partial charge in [-0.1, -0.05) is 66.2 Å². The number of likely N-dealkylation sites (tertiary alicyclic amines) is 1. The number of fused-ring (bicyclic) bond motifs is 1. The minimum absolute atomic E-state index is 0.188. The van der Waals surface area contributed by atoms with Crippen LogP contribution in [0.1, 0.15) is 29.2 Å². The molecule has 0 saturated carbocycles. The number of nitrogens with one attached hydrogen (secondary N) is 1. The zero-order valence-corrected chi connectivity index (χ0v) is 18.1. The van der Waals surface area contributed by atoms with Gasteiger partial charge in [-0.05, 0) is 41.0 Å². The van der Waals surface area contributed by atoms with E-state index in [9.17, 15) is 0 Å². The number of nitrogens with zero attached hydrogens (tertiary/aromatic N) is 2. The number of rotatable bonds is 6. The number of benzene rings is 3. The van der Waals surface area contributed by atoms with Gasteiger partial charge < -0.3 is 10.2 Å². The molecule has 31 heavy (non-hydrogen) atoms. The Morgan fingerprint density at radius 2 is 1.81 bits per heavy atom. The Morgan fingerprint density at radius 1 is 0.968 bits per heavy atom. The SMILES string of the molecule is Clc1ccc(COc2cccc(C3NN=C4CCN(Cc5ccccc5)CC43)c2)cc1. The van der Waals surface area contributed by atoms with Crippen LogP contribution in [-0.4, -0.2) is 23.7 Å². The van der Waals surface area contributed by atoms with Gasteiger partial charge in [0.1, 0.15) is 12.4 Å². The molecule has 5 heteroatoms. The van der Waals surface area contributed by atoms with Crippen molar-refractivity contribution in [2.45, 2.75) is 25.6 Å². The van der Waals surface area contributed by atoms with Gasteiger partial charge in [-0.15, -0.1) is 0 Å². The molecule has 1 saturated heterocycles. The molecule has 0 radical (unpaired) electrons. The first-order valence-corrected chi connectivity index (χ1v) is 11.2. The van der Waals surface area contributed by atoms with Gasteiger partial charge in [0, 0.05) is 42.7 Å². The molecule has 2 atom stereocenters. The highest BCUT2D eigenvalue weighted by molar-refractivity contribution is 6.30. The van der Waals surface area contributed by atoms with Gasteiger partial charge in [0.25, 0.3) is 0 Å². The second-order valence-electron chi connectivity index (χ2n) is 8.27. The molecule has 0 aromatic heterocycles. The van der Waals surface area contributed by atoms with E-state index in [2.05, 4.69) is 64.0 Å². The summed E-state index contributed by atoms with van der Waals surface area (Å²) in [6.07, 6.45) is 1.02. The standard InChI is InChI=1S/C26H26ClN3O/c27-22-11-9-20(10-12-22)18-31-23-8-4-7-21(15-23)26-24-17-30(14-13-25(24)28-29-26)16-19-5-2-1-3-6-19/h1-12,15,24,26,29H,13-14,16-18H2. The summed E-state index contributed by atoms with van der Waals surface area (Å²) in [7, 11) is 0. The third-order valence-corrected chi connectivity index (χ3v) is 6.35. The van der Waals surface area contributed by atoms with Gasteiger partial charge in [-0.3, -0.25) is 4.90 Å². The molecule has 0 spiro atoms. The lowest BCUT2D eigenvalue weighted by Crippen LogP contribution is -2.41. The van der Waals surface area contributed by atoms with Gasteiger partial charge in [0.15, 0.2) is 0 Å². The van der Waals surface area contributed by atoms with E-state index in [1.165, 1.54) is 16.8 Å². The number of piperidine rings is 1. The van der Waals surface area contributed by atoms with Crippen molar-refractivity contribution in [1.29, 1.82) is 0 Å². The maximum Gasteiger partial charge on any atom is 0.120 e. The summed E-state index contributed by atoms with van der Waals surface area (Å²) in [6.45, 7) is 3.58. The second-order valence-corrected chi connectivity index (χ2v) is 8.71. The van der Waals surface area contributed by atoms with Crippen molar-refractivity contribution >= 4 is 17.3 Å². The summed E-state index contributed by atoms with van der Waals surface area (Å²) in [5.74, 6) is 1.27. The summed E-state index contributed by atoms with van der Waals surface area (Å²) < 4.78 is 6.05. The molecule has 0 amide bonds. The fourth-order valence-corrected chi connectivity index (χ4v) is 4.58. The predicted molar refractivity (Wildman–Crippen MR) is 125 cm³/mol. The van der Waals surface area contributed by atoms with E-state index in [-0.39, 0.29) is 6.04 Å². The van der Waals surface area contributed by atoms with E-state index in [4.69, 9.17) is 16.3 Å². The average molecular weight is 432 g/mol. The van der Waals surface area contributed by atoms with Gasteiger partial charge in [0.2, 0.25) is 0 Å². The van der Waals surface area contributed by atoms with E-state index in [0.29, 0.717) is 12.5 Å². The molecule has 3 aromatic carbocycles. The van der Waals surface area contributed by atoms with Gasteiger partial charge in [-0.25, -0.2) is 0 Å². The van der Waals surface area contributed by atoms with Crippen LogP contribution in [0.4, 0.5) is 0 Å². The molecule has 1 N–H and O–H groups in total. The Hall–Kier alpha value is -2.82. The van der Waals surface area contributed by atoms with E-state index >= 15 is 0 Å². The number of halogens is 1. The lowest BCUT2D eigenvalue weighted by atomic mass is 9.86. The summed E-state index contributed by atoms with van der Waals surface area (Å²) in [5.41, 5.74) is 8.38. The zero-order valence-electron chi connectivity index (χ0n) is 17.4. The predicted octanol–water partition coefficient (Wildman–Crippen LogP) is 5.44. The maximum absolute atomic E-state index is 6.05. The molecule has 1 fully saturated rings. The molecule has 2 unspecified atom stereocenters. The van der Waals surface area contributed by atoms with Crippen LogP contribution in [0.15, 0.2) is 84.0 Å². The molecular weight excluding hydrogens is 406 g/mol. The van der Waals surface area contributed by atoms with Crippen molar-refractivity contribution in [2.24, 2.45) is 11.0 Å². The first-order chi connectivity index (χ1) is 15.2. The fraction of sp³-hybridized carbons (Fsp3) is 0.269. The molecule has 2 aliphatic heterocycles. The number of hydrogen-bond donors (Lipinski definition) is 1. The van der Waals surface area contributed by atoms with Crippen LogP contribution in [0.2, 0.25) is 5.02 Å². The Balaban J connectivity index is 1.25. The molecule has 5 rings (SSSR count). The van der Waals surface area contributed by atoms with Crippen LogP contribution in [0.25, 0.3) is 0 Å². The van der Waals surface area contributed by atoms with E-state index in [1.807, 2.05) is 30.3 Å². The van der Waals surface area contributed by atoms with Crippen molar-refractivity contribution < 1.29 is 4.74 Å². The lowest BCUT2D eigenvalue weighted by Gasteiger charge is -2.33. The van der Waals surface area contributed by atoms with Crippen LogP contribution in [0, 0.1) is 5.92 Å². The highest BCUT2D eigenvalue weighted by Gasteiger charge is 2.37. The topological polar surface area (TPSA) is 36.9 Å². The highest BCUT2D eigenvalue weighted by Crippen LogP contribution is 2.34. The van der Waals surface area contributed by atoms with Gasteiger partial charge in [0.05, 0.1) is 6.04 Å². The van der Waals surface area contributed by atoms with E-state index in [1.54, 1.807) is 0 Å². The lowest BCUT2D eigenvalue weighted by molar-refractivity contribution is 0.220. The Kier molecular flexibility index (Phi) is 5.92. The summed E-state index contributed by atoms with van der Waals surface area (Å²) in [5, 5.41) is 5.41. The summed E-state index contributed by atoms with van der Waals surface area (Å²) >= 11 is 5.97. The quantitative estimate of drug-likeness (QED) is 0.564. The van der Waals surface area contributed by atoms with Crippen LogP contribution in [-0.2, 0) is 13.2 Å². The zero-order chi connectivity index (χ0) is 21.0. The van der Waals surface area contributed by atoms with E-state index < -0.39 is 0 Å². The number of hydrogen-bond acceptors (Lipinski definition) is 4. The Bertz CT molecular complexity index is 1050. The number of hydrazone groups is 1. The maximum atomic E-state index is 6.05. The Labute approximate surface area is 188 Å². The van der Waals surface area contributed by atoms with Gasteiger partial charge in [-0.2, -0.15) is 5.10 Å². The molecule has 4 nitrogen and oxygen atoms in total. The third kappa shape index (κ3) is 4.76. The average Bonchev–Trinajstić information content (AvgIpc) is 3.23. The van der Waals surface area contributed by atoms with Crippen LogP contribution in [0.5, 0.6) is 5.75 Å². The van der Waals surface area contributed by atoms with Crippen molar-refractivity contribution in [1.82, 2.24) is 10.3 Å². The molecule has 3 aromatic rings. The van der Waals surface area contributed by atoms with E-state index in [0.717, 1.165) is 42.4 Å². The minimum Gasteiger partial charge on any atom is -0.489 e. The van der Waals surface area contributed by atoms with Crippen molar-refractivity contribution in [3.63, 3.8) is 0 Å². The second kappa shape index (κ2) is 9.13. The smallest absolute Gasteiger partial charge is 0.120 e. The normalized spacial score (nSPS) is 20.6. The first kappa shape index (κ1) is 20.1. The third-order valence-electron chi connectivity index (χ3n) is 6.10. The molecule has 158 valence electrons. The van der Waals surface area contributed by atoms with Crippen molar-refractivity contribution in [3.8, 4) is 5.75 Å². The number of ether oxygens (including phenoxy) is 1. The van der Waals surface area contributed by atoms with Crippen molar-refractivity contribution in [2.75, 3.05) is 13.1 Å². The molecule has 0 bridgehead atoms. The largest absolute Gasteiger partial charge is 0.489 e. The van der Waals surface area contributed by atoms with Crippen LogP contribution < -0.4 is 10.2 Å². The molecular formula is C26H26ClN3O. The Morgan fingerprint density at radius 3 is 2.65 bits per heavy atom. The van der Waals surface area contributed by atoms with Crippen LogP contribution in [0.3, 0.4) is 0 Å². The molecule has 0 aliphatic carbocycles. The molecule has 2 aliphatic rings.